The lowest BCUT2D eigenvalue weighted by atomic mass is 9.86. The van der Waals surface area contributed by atoms with Crippen LogP contribution in [0.1, 0.15) is 37.5 Å². The van der Waals surface area contributed by atoms with E-state index in [1.807, 2.05) is 12.1 Å². The van der Waals surface area contributed by atoms with Crippen LogP contribution in [0, 0.1) is 6.92 Å². The minimum atomic E-state index is 0.142. The van der Waals surface area contributed by atoms with E-state index in [1.165, 1.54) is 5.56 Å². The molecule has 2 rings (SSSR count). The predicted molar refractivity (Wildman–Crippen MR) is 83.7 cm³/mol. The number of pyridine rings is 1. The summed E-state index contributed by atoms with van der Waals surface area (Å²) in [6, 6.07) is 8.22. The van der Waals surface area contributed by atoms with E-state index in [0.717, 1.165) is 22.6 Å². The van der Waals surface area contributed by atoms with Crippen LogP contribution in [0.25, 0.3) is 0 Å². The summed E-state index contributed by atoms with van der Waals surface area (Å²) in [5.74, 6) is 2.01. The number of alkyl halides is 1. The third-order valence-corrected chi connectivity index (χ3v) is 3.50. The molecule has 0 spiro atoms. The molecule has 20 heavy (non-hydrogen) atoms. The first kappa shape index (κ1) is 14.9. The number of ether oxygens (including phenoxy) is 1. The van der Waals surface area contributed by atoms with Gasteiger partial charge in [-0.15, -0.1) is 11.6 Å². The van der Waals surface area contributed by atoms with E-state index in [-0.39, 0.29) is 5.41 Å². The van der Waals surface area contributed by atoms with E-state index in [1.54, 1.807) is 12.4 Å². The summed E-state index contributed by atoms with van der Waals surface area (Å²) in [7, 11) is 0. The van der Waals surface area contributed by atoms with Gasteiger partial charge >= 0.3 is 0 Å². The highest BCUT2D eigenvalue weighted by atomic mass is 35.5. The summed E-state index contributed by atoms with van der Waals surface area (Å²) < 4.78 is 5.90. The van der Waals surface area contributed by atoms with Crippen molar-refractivity contribution >= 4 is 11.6 Å². The first-order chi connectivity index (χ1) is 9.40. The zero-order valence-corrected chi connectivity index (χ0v) is 13.2. The molecule has 0 aliphatic carbocycles. The summed E-state index contributed by atoms with van der Waals surface area (Å²) in [5.41, 5.74) is 3.51. The molecular formula is C17H20ClNO. The molecular weight excluding hydrogens is 270 g/mol. The lowest BCUT2D eigenvalue weighted by Gasteiger charge is -2.20. The largest absolute Gasteiger partial charge is 0.455 e. The number of hydrogen-bond donors (Lipinski definition) is 0. The number of halogens is 1. The molecule has 106 valence electrons. The van der Waals surface area contributed by atoms with Gasteiger partial charge in [0.15, 0.2) is 0 Å². The minimum Gasteiger partial charge on any atom is -0.455 e. The zero-order chi connectivity index (χ0) is 14.8. The van der Waals surface area contributed by atoms with Crippen LogP contribution in [0.5, 0.6) is 11.5 Å². The van der Waals surface area contributed by atoms with Gasteiger partial charge in [-0.2, -0.15) is 0 Å². The fourth-order valence-electron chi connectivity index (χ4n) is 1.95. The molecule has 0 fully saturated rings. The van der Waals surface area contributed by atoms with Gasteiger partial charge in [-0.1, -0.05) is 32.9 Å². The van der Waals surface area contributed by atoms with Gasteiger partial charge in [0.2, 0.25) is 0 Å². The zero-order valence-electron chi connectivity index (χ0n) is 12.4. The average Bonchev–Trinajstić information content (AvgIpc) is 2.40. The maximum atomic E-state index is 5.90. The highest BCUT2D eigenvalue weighted by Gasteiger charge is 2.15. The van der Waals surface area contributed by atoms with Gasteiger partial charge in [0.1, 0.15) is 11.5 Å². The standard InChI is InChI=1S/C17H20ClNO/c1-12-7-14(17(2,3)4)5-6-16(12)20-15-8-13(9-18)10-19-11-15/h5-8,10-11H,9H2,1-4H3. The van der Waals surface area contributed by atoms with Crippen LogP contribution in [0.15, 0.2) is 36.7 Å². The van der Waals surface area contributed by atoms with E-state index >= 15 is 0 Å². The molecule has 0 radical (unpaired) electrons. The van der Waals surface area contributed by atoms with Crippen molar-refractivity contribution in [1.29, 1.82) is 0 Å². The highest BCUT2D eigenvalue weighted by Crippen LogP contribution is 2.30. The number of hydrogen-bond acceptors (Lipinski definition) is 2. The first-order valence-electron chi connectivity index (χ1n) is 6.69. The van der Waals surface area contributed by atoms with E-state index in [0.29, 0.717) is 5.88 Å². The Labute approximate surface area is 125 Å². The Bertz CT molecular complexity index is 602. The molecule has 2 aromatic rings. The second-order valence-electron chi connectivity index (χ2n) is 5.99. The maximum absolute atomic E-state index is 5.90. The van der Waals surface area contributed by atoms with Gasteiger partial charge in [0, 0.05) is 12.1 Å². The van der Waals surface area contributed by atoms with E-state index in [4.69, 9.17) is 16.3 Å². The third kappa shape index (κ3) is 3.51. The number of rotatable bonds is 3. The summed E-state index contributed by atoms with van der Waals surface area (Å²) in [4.78, 5) is 4.13. The summed E-state index contributed by atoms with van der Waals surface area (Å²) in [6.45, 7) is 8.67. The van der Waals surface area contributed by atoms with Crippen molar-refractivity contribution in [3.8, 4) is 11.5 Å². The molecule has 0 saturated carbocycles. The van der Waals surface area contributed by atoms with Crippen LogP contribution in [0.4, 0.5) is 0 Å². The van der Waals surface area contributed by atoms with Gasteiger partial charge in [-0.25, -0.2) is 0 Å². The average molecular weight is 290 g/mol. The van der Waals surface area contributed by atoms with Crippen LogP contribution in [-0.4, -0.2) is 4.98 Å². The smallest absolute Gasteiger partial charge is 0.146 e. The Morgan fingerprint density at radius 2 is 1.90 bits per heavy atom. The summed E-state index contributed by atoms with van der Waals surface area (Å²) >= 11 is 5.81. The number of benzene rings is 1. The van der Waals surface area contributed by atoms with Gasteiger partial charge in [0.05, 0.1) is 6.20 Å². The van der Waals surface area contributed by atoms with Crippen molar-refractivity contribution in [2.45, 2.75) is 39.0 Å². The molecule has 0 amide bonds. The number of aryl methyl sites for hydroxylation is 1. The molecule has 2 nitrogen and oxygen atoms in total. The molecule has 1 aromatic heterocycles. The normalized spacial score (nSPS) is 11.4. The molecule has 0 saturated heterocycles. The minimum absolute atomic E-state index is 0.142. The molecule has 0 bridgehead atoms. The Morgan fingerprint density at radius 1 is 1.15 bits per heavy atom. The summed E-state index contributed by atoms with van der Waals surface area (Å²) in [5, 5.41) is 0. The van der Waals surface area contributed by atoms with Crippen LogP contribution >= 0.6 is 11.6 Å². The molecule has 0 unspecified atom stereocenters. The SMILES string of the molecule is Cc1cc(C(C)(C)C)ccc1Oc1cncc(CCl)c1. The van der Waals surface area contributed by atoms with E-state index in [9.17, 15) is 0 Å². The van der Waals surface area contributed by atoms with Gasteiger partial charge in [-0.05, 0) is 41.2 Å². The monoisotopic (exact) mass is 289 g/mol. The van der Waals surface area contributed by atoms with Crippen molar-refractivity contribution in [3.05, 3.63) is 53.3 Å². The second kappa shape index (κ2) is 5.84. The molecule has 0 atom stereocenters. The quantitative estimate of drug-likeness (QED) is 0.723. The van der Waals surface area contributed by atoms with Crippen molar-refractivity contribution in [3.63, 3.8) is 0 Å². The fourth-order valence-corrected chi connectivity index (χ4v) is 2.10. The topological polar surface area (TPSA) is 22.1 Å². The molecule has 3 heteroatoms. The van der Waals surface area contributed by atoms with Crippen molar-refractivity contribution in [2.24, 2.45) is 0 Å². The molecule has 0 aliphatic heterocycles. The van der Waals surface area contributed by atoms with Crippen LogP contribution in [0.2, 0.25) is 0 Å². The van der Waals surface area contributed by atoms with Gasteiger partial charge in [0.25, 0.3) is 0 Å². The Hall–Kier alpha value is -1.54. The number of nitrogens with zero attached hydrogens (tertiary/aromatic N) is 1. The van der Waals surface area contributed by atoms with Crippen molar-refractivity contribution < 1.29 is 4.74 Å². The molecule has 0 N–H and O–H groups in total. The maximum Gasteiger partial charge on any atom is 0.146 e. The lowest BCUT2D eigenvalue weighted by Crippen LogP contribution is -2.11. The van der Waals surface area contributed by atoms with Crippen molar-refractivity contribution in [2.75, 3.05) is 0 Å². The van der Waals surface area contributed by atoms with Crippen LogP contribution < -0.4 is 4.74 Å². The van der Waals surface area contributed by atoms with Crippen LogP contribution in [-0.2, 0) is 11.3 Å². The second-order valence-corrected chi connectivity index (χ2v) is 6.26. The Kier molecular flexibility index (Phi) is 4.34. The Morgan fingerprint density at radius 3 is 2.50 bits per heavy atom. The summed E-state index contributed by atoms with van der Waals surface area (Å²) in [6.07, 6.45) is 3.45. The highest BCUT2D eigenvalue weighted by molar-refractivity contribution is 6.17. The van der Waals surface area contributed by atoms with Gasteiger partial charge in [-0.3, -0.25) is 4.98 Å². The number of aromatic nitrogens is 1. The molecule has 1 aromatic carbocycles. The first-order valence-corrected chi connectivity index (χ1v) is 7.22. The van der Waals surface area contributed by atoms with E-state index in [2.05, 4.69) is 44.8 Å². The van der Waals surface area contributed by atoms with Crippen molar-refractivity contribution in [1.82, 2.24) is 4.98 Å². The lowest BCUT2D eigenvalue weighted by molar-refractivity contribution is 0.474. The Balaban J connectivity index is 2.25. The van der Waals surface area contributed by atoms with Gasteiger partial charge < -0.3 is 4.74 Å². The molecule has 1 heterocycles. The van der Waals surface area contributed by atoms with Crippen LogP contribution in [0.3, 0.4) is 0 Å². The third-order valence-electron chi connectivity index (χ3n) is 3.19. The predicted octanol–water partition coefficient (Wildman–Crippen LogP) is 5.22. The fraction of sp³-hybridized carbons (Fsp3) is 0.353. The van der Waals surface area contributed by atoms with E-state index < -0.39 is 0 Å². The molecule has 0 aliphatic rings.